The standard InChI is InChI=1S/C12H17N5O2/c18-5-9(19)8-1-3-17(4-2-8)12-10-11(14-6-13-10)15-7-16-12/h6-9,18-19H,1-5H2,(H,13,14,15,16). The van der Waals surface area contributed by atoms with Crippen molar-refractivity contribution in [2.24, 2.45) is 5.92 Å². The molecule has 1 aliphatic heterocycles. The zero-order valence-electron chi connectivity index (χ0n) is 10.5. The van der Waals surface area contributed by atoms with Crippen LogP contribution in [-0.2, 0) is 0 Å². The molecule has 0 spiro atoms. The van der Waals surface area contributed by atoms with Crippen LogP contribution in [0.15, 0.2) is 12.7 Å². The fourth-order valence-electron chi connectivity index (χ4n) is 2.64. The molecule has 3 N–H and O–H groups in total. The Labute approximate surface area is 110 Å². The van der Waals surface area contributed by atoms with Gasteiger partial charge in [0.25, 0.3) is 0 Å². The van der Waals surface area contributed by atoms with Gasteiger partial charge in [0.05, 0.1) is 19.0 Å². The highest BCUT2D eigenvalue weighted by Crippen LogP contribution is 2.26. The number of hydrogen-bond donors (Lipinski definition) is 3. The highest BCUT2D eigenvalue weighted by Gasteiger charge is 2.26. The summed E-state index contributed by atoms with van der Waals surface area (Å²) in [4.78, 5) is 17.8. The van der Waals surface area contributed by atoms with Gasteiger partial charge in [-0.1, -0.05) is 0 Å². The Balaban J connectivity index is 1.76. The van der Waals surface area contributed by atoms with Crippen molar-refractivity contribution in [3.63, 3.8) is 0 Å². The van der Waals surface area contributed by atoms with Gasteiger partial charge in [-0.2, -0.15) is 0 Å². The van der Waals surface area contributed by atoms with Crippen LogP contribution in [0, 0.1) is 5.92 Å². The first-order valence-electron chi connectivity index (χ1n) is 6.47. The Bertz CT molecular complexity index is 550. The smallest absolute Gasteiger partial charge is 0.182 e. The first-order chi connectivity index (χ1) is 9.29. The average Bonchev–Trinajstić information content (AvgIpc) is 2.95. The minimum atomic E-state index is -0.611. The van der Waals surface area contributed by atoms with Crippen LogP contribution in [0.3, 0.4) is 0 Å². The van der Waals surface area contributed by atoms with E-state index in [2.05, 4.69) is 24.8 Å². The Kier molecular flexibility index (Phi) is 3.31. The van der Waals surface area contributed by atoms with Crippen molar-refractivity contribution in [1.29, 1.82) is 0 Å². The van der Waals surface area contributed by atoms with Gasteiger partial charge in [0, 0.05) is 13.1 Å². The molecule has 1 saturated heterocycles. The summed E-state index contributed by atoms with van der Waals surface area (Å²) in [6, 6.07) is 0. The molecule has 3 rings (SSSR count). The molecule has 1 atom stereocenters. The van der Waals surface area contributed by atoms with Crippen molar-refractivity contribution in [3.8, 4) is 0 Å². The van der Waals surface area contributed by atoms with Crippen LogP contribution in [0.1, 0.15) is 12.8 Å². The monoisotopic (exact) mass is 263 g/mol. The van der Waals surface area contributed by atoms with Gasteiger partial charge in [-0.15, -0.1) is 0 Å². The van der Waals surface area contributed by atoms with Crippen molar-refractivity contribution in [2.45, 2.75) is 18.9 Å². The molecule has 19 heavy (non-hydrogen) atoms. The number of fused-ring (bicyclic) bond motifs is 1. The van der Waals surface area contributed by atoms with E-state index in [1.165, 1.54) is 6.33 Å². The zero-order chi connectivity index (χ0) is 13.2. The summed E-state index contributed by atoms with van der Waals surface area (Å²) in [6.45, 7) is 1.46. The second-order valence-corrected chi connectivity index (χ2v) is 4.87. The maximum atomic E-state index is 9.67. The van der Waals surface area contributed by atoms with Gasteiger partial charge < -0.3 is 20.1 Å². The second kappa shape index (κ2) is 5.10. The van der Waals surface area contributed by atoms with Gasteiger partial charge in [-0.25, -0.2) is 15.0 Å². The van der Waals surface area contributed by atoms with Gasteiger partial charge in [-0.3, -0.25) is 0 Å². The van der Waals surface area contributed by atoms with Crippen molar-refractivity contribution in [1.82, 2.24) is 19.9 Å². The lowest BCUT2D eigenvalue weighted by Gasteiger charge is -2.34. The van der Waals surface area contributed by atoms with Crippen LogP contribution in [0.2, 0.25) is 0 Å². The molecule has 1 unspecified atom stereocenters. The SMILES string of the molecule is OCC(O)C1CCN(c2ncnc3nc[nH]c23)CC1. The molecule has 7 nitrogen and oxygen atoms in total. The average molecular weight is 263 g/mol. The first-order valence-corrected chi connectivity index (χ1v) is 6.47. The zero-order valence-corrected chi connectivity index (χ0v) is 10.5. The highest BCUT2D eigenvalue weighted by molar-refractivity contribution is 5.82. The predicted octanol–water partition coefficient (Wildman–Crippen LogP) is -0.0775. The minimum absolute atomic E-state index is 0.164. The summed E-state index contributed by atoms with van der Waals surface area (Å²) in [5.74, 6) is 1.03. The predicted molar refractivity (Wildman–Crippen MR) is 69.7 cm³/mol. The summed E-state index contributed by atoms with van der Waals surface area (Å²) >= 11 is 0. The Morgan fingerprint density at radius 2 is 2.11 bits per heavy atom. The minimum Gasteiger partial charge on any atom is -0.394 e. The van der Waals surface area contributed by atoms with E-state index < -0.39 is 6.10 Å². The molecule has 2 aromatic rings. The van der Waals surface area contributed by atoms with E-state index in [1.807, 2.05) is 0 Å². The maximum absolute atomic E-state index is 9.67. The van der Waals surface area contributed by atoms with Crippen LogP contribution in [0.4, 0.5) is 5.82 Å². The van der Waals surface area contributed by atoms with E-state index in [0.717, 1.165) is 37.3 Å². The summed E-state index contributed by atoms with van der Waals surface area (Å²) in [7, 11) is 0. The lowest BCUT2D eigenvalue weighted by Crippen LogP contribution is -2.39. The highest BCUT2D eigenvalue weighted by atomic mass is 16.3. The van der Waals surface area contributed by atoms with Crippen LogP contribution in [0.25, 0.3) is 11.2 Å². The van der Waals surface area contributed by atoms with Gasteiger partial charge >= 0.3 is 0 Å². The van der Waals surface area contributed by atoms with Crippen LogP contribution in [-0.4, -0.2) is 55.9 Å². The van der Waals surface area contributed by atoms with Crippen LogP contribution >= 0.6 is 0 Å². The van der Waals surface area contributed by atoms with Crippen LogP contribution < -0.4 is 4.90 Å². The van der Waals surface area contributed by atoms with E-state index in [-0.39, 0.29) is 12.5 Å². The lowest BCUT2D eigenvalue weighted by atomic mass is 9.91. The largest absolute Gasteiger partial charge is 0.394 e. The van der Waals surface area contributed by atoms with E-state index in [1.54, 1.807) is 6.33 Å². The van der Waals surface area contributed by atoms with Gasteiger partial charge in [0.1, 0.15) is 11.8 Å². The molecule has 0 aromatic carbocycles. The first kappa shape index (κ1) is 12.3. The molecule has 2 aromatic heterocycles. The molecule has 0 amide bonds. The third-order valence-electron chi connectivity index (χ3n) is 3.77. The van der Waals surface area contributed by atoms with Crippen molar-refractivity contribution in [2.75, 3.05) is 24.6 Å². The van der Waals surface area contributed by atoms with Gasteiger partial charge in [0.2, 0.25) is 0 Å². The summed E-state index contributed by atoms with van der Waals surface area (Å²) in [5.41, 5.74) is 1.52. The number of aromatic amines is 1. The number of nitrogens with one attached hydrogen (secondary N) is 1. The summed E-state index contributed by atoms with van der Waals surface area (Å²) < 4.78 is 0. The van der Waals surface area contributed by atoms with E-state index >= 15 is 0 Å². The number of aliphatic hydroxyl groups excluding tert-OH is 2. The number of piperidine rings is 1. The molecule has 0 bridgehead atoms. The van der Waals surface area contributed by atoms with E-state index in [9.17, 15) is 5.11 Å². The number of rotatable bonds is 3. The molecular weight excluding hydrogens is 246 g/mol. The molecule has 1 aliphatic rings. The van der Waals surface area contributed by atoms with Crippen molar-refractivity contribution >= 4 is 17.0 Å². The number of anilines is 1. The lowest BCUT2D eigenvalue weighted by molar-refractivity contribution is 0.0376. The quantitative estimate of drug-likeness (QED) is 0.716. The molecule has 3 heterocycles. The third-order valence-corrected chi connectivity index (χ3v) is 3.77. The van der Waals surface area contributed by atoms with Gasteiger partial charge in [0.15, 0.2) is 11.5 Å². The number of imidazole rings is 1. The molecular formula is C12H17N5O2. The van der Waals surface area contributed by atoms with Crippen molar-refractivity contribution < 1.29 is 10.2 Å². The Morgan fingerprint density at radius 1 is 1.32 bits per heavy atom. The number of nitrogens with zero attached hydrogens (tertiary/aromatic N) is 4. The summed E-state index contributed by atoms with van der Waals surface area (Å²) in [5, 5.41) is 18.7. The molecule has 7 heteroatoms. The molecule has 0 saturated carbocycles. The Hall–Kier alpha value is -1.73. The summed E-state index contributed by atoms with van der Waals surface area (Å²) in [6.07, 6.45) is 4.22. The van der Waals surface area contributed by atoms with Crippen molar-refractivity contribution in [3.05, 3.63) is 12.7 Å². The molecule has 102 valence electrons. The molecule has 0 aliphatic carbocycles. The molecule has 0 radical (unpaired) electrons. The maximum Gasteiger partial charge on any atom is 0.182 e. The van der Waals surface area contributed by atoms with E-state index in [0.29, 0.717) is 5.65 Å². The molecule has 1 fully saturated rings. The van der Waals surface area contributed by atoms with Gasteiger partial charge in [-0.05, 0) is 18.8 Å². The fraction of sp³-hybridized carbons (Fsp3) is 0.583. The third kappa shape index (κ3) is 2.26. The second-order valence-electron chi connectivity index (χ2n) is 4.87. The number of H-pyrrole nitrogens is 1. The number of aromatic nitrogens is 4. The fourth-order valence-corrected chi connectivity index (χ4v) is 2.64. The number of aliphatic hydroxyl groups is 2. The van der Waals surface area contributed by atoms with E-state index in [4.69, 9.17) is 5.11 Å². The number of hydrogen-bond acceptors (Lipinski definition) is 6. The van der Waals surface area contributed by atoms with Crippen LogP contribution in [0.5, 0.6) is 0 Å². The Morgan fingerprint density at radius 3 is 2.84 bits per heavy atom. The topological polar surface area (TPSA) is 98.2 Å². The normalized spacial score (nSPS) is 18.9.